The van der Waals surface area contributed by atoms with E-state index in [0.717, 1.165) is 17.4 Å². The number of aryl methyl sites for hydroxylation is 1. The van der Waals surface area contributed by atoms with E-state index in [-0.39, 0.29) is 11.5 Å². The molecule has 29 heavy (non-hydrogen) atoms. The molecule has 1 aliphatic carbocycles. The maximum atomic E-state index is 13.0. The minimum Gasteiger partial charge on any atom is -0.465 e. The van der Waals surface area contributed by atoms with E-state index in [1.165, 1.54) is 42.6 Å². The van der Waals surface area contributed by atoms with Crippen molar-refractivity contribution in [3.63, 3.8) is 0 Å². The second-order valence-corrected chi connectivity index (χ2v) is 8.82. The van der Waals surface area contributed by atoms with Crippen LogP contribution in [-0.2, 0) is 30.2 Å². The van der Waals surface area contributed by atoms with Crippen LogP contribution in [-0.4, -0.2) is 36.5 Å². The van der Waals surface area contributed by atoms with Crippen LogP contribution in [0.3, 0.4) is 0 Å². The first-order valence-corrected chi connectivity index (χ1v) is 11.3. The largest absolute Gasteiger partial charge is 0.465 e. The van der Waals surface area contributed by atoms with Crippen molar-refractivity contribution in [3.05, 3.63) is 20.8 Å². The molecular formula is C20H30N4O4S. The third-order valence-corrected chi connectivity index (χ3v) is 6.98. The quantitative estimate of drug-likeness (QED) is 0.503. The maximum Gasteiger partial charge on any atom is 0.332 e. The summed E-state index contributed by atoms with van der Waals surface area (Å²) in [6, 6.07) is 0. The van der Waals surface area contributed by atoms with Crippen LogP contribution in [0.2, 0.25) is 0 Å². The van der Waals surface area contributed by atoms with Crippen molar-refractivity contribution in [2.24, 2.45) is 20.0 Å². The molecule has 0 spiro atoms. The fourth-order valence-corrected chi connectivity index (χ4v) is 4.99. The van der Waals surface area contributed by atoms with Gasteiger partial charge in [-0.3, -0.25) is 18.7 Å². The molecule has 0 N–H and O–H groups in total. The van der Waals surface area contributed by atoms with Gasteiger partial charge in [0.25, 0.3) is 5.56 Å². The molecule has 0 aliphatic heterocycles. The van der Waals surface area contributed by atoms with E-state index in [1.54, 1.807) is 14.0 Å². The minimum absolute atomic E-state index is 0.280. The van der Waals surface area contributed by atoms with Gasteiger partial charge in [-0.25, -0.2) is 9.78 Å². The number of ether oxygens (including phenoxy) is 1. The topological polar surface area (TPSA) is 88.1 Å². The summed E-state index contributed by atoms with van der Waals surface area (Å²) in [7, 11) is 3.11. The summed E-state index contributed by atoms with van der Waals surface area (Å²) in [5, 5.41) is 0.196. The van der Waals surface area contributed by atoms with Crippen molar-refractivity contribution >= 4 is 28.9 Å². The van der Waals surface area contributed by atoms with Gasteiger partial charge in [0.05, 0.1) is 6.61 Å². The lowest BCUT2D eigenvalue weighted by Gasteiger charge is -2.23. The molecule has 0 amide bonds. The summed E-state index contributed by atoms with van der Waals surface area (Å²) in [5.41, 5.74) is 0.0535. The highest BCUT2D eigenvalue weighted by Gasteiger charge is 2.27. The van der Waals surface area contributed by atoms with Gasteiger partial charge in [0, 0.05) is 20.6 Å². The summed E-state index contributed by atoms with van der Waals surface area (Å²) in [4.78, 5) is 42.3. The third-order valence-electron chi connectivity index (χ3n) is 5.65. The fourth-order valence-electron chi connectivity index (χ4n) is 3.97. The van der Waals surface area contributed by atoms with Gasteiger partial charge < -0.3 is 9.30 Å². The number of carbonyl (C=O) groups is 1. The summed E-state index contributed by atoms with van der Waals surface area (Å²) in [6.07, 6.45) is 6.45. The molecule has 0 bridgehead atoms. The standard InChI is InChI=1S/C20H30N4O4S/c1-5-14(18(26)28-6-2)29-19-21-16-15(17(25)23(4)20(27)22(16)3)24(19)12-13-10-8-7-9-11-13/h13-14H,5-12H2,1-4H3. The van der Waals surface area contributed by atoms with Gasteiger partial charge in [-0.2, -0.15) is 0 Å². The predicted molar refractivity (Wildman–Crippen MR) is 113 cm³/mol. The van der Waals surface area contributed by atoms with Crippen molar-refractivity contribution in [1.82, 2.24) is 18.7 Å². The van der Waals surface area contributed by atoms with Gasteiger partial charge in [0.15, 0.2) is 16.3 Å². The maximum absolute atomic E-state index is 13.0. The van der Waals surface area contributed by atoms with Crippen molar-refractivity contribution in [2.45, 2.75) is 69.3 Å². The molecule has 1 atom stereocenters. The number of thioether (sulfide) groups is 1. The Labute approximate surface area is 174 Å². The molecule has 1 saturated carbocycles. The first kappa shape index (κ1) is 21.7. The SMILES string of the molecule is CCOC(=O)C(CC)Sc1nc2c(c(=O)n(C)c(=O)n2C)n1CC1CCCCC1. The van der Waals surface area contributed by atoms with Crippen molar-refractivity contribution < 1.29 is 9.53 Å². The number of hydrogen-bond acceptors (Lipinski definition) is 6. The van der Waals surface area contributed by atoms with E-state index in [1.807, 2.05) is 11.5 Å². The zero-order valence-electron chi connectivity index (χ0n) is 17.6. The molecule has 1 unspecified atom stereocenters. The number of aromatic nitrogens is 4. The molecule has 0 radical (unpaired) electrons. The molecule has 1 fully saturated rings. The molecule has 1 aliphatic rings. The molecule has 8 nitrogen and oxygen atoms in total. The Balaban J connectivity index is 2.11. The van der Waals surface area contributed by atoms with Gasteiger partial charge in [-0.15, -0.1) is 0 Å². The average molecular weight is 423 g/mol. The van der Waals surface area contributed by atoms with Crippen molar-refractivity contribution in [2.75, 3.05) is 6.61 Å². The van der Waals surface area contributed by atoms with Crippen LogP contribution in [0.4, 0.5) is 0 Å². The van der Waals surface area contributed by atoms with Gasteiger partial charge >= 0.3 is 11.7 Å². The first-order chi connectivity index (χ1) is 13.9. The number of fused-ring (bicyclic) bond motifs is 1. The number of imidazole rings is 1. The van der Waals surface area contributed by atoms with Crippen molar-refractivity contribution in [1.29, 1.82) is 0 Å². The Morgan fingerprint density at radius 3 is 2.48 bits per heavy atom. The van der Waals surface area contributed by atoms with Crippen LogP contribution < -0.4 is 11.2 Å². The Kier molecular flexibility index (Phi) is 6.87. The monoisotopic (exact) mass is 422 g/mol. The van der Waals surface area contributed by atoms with E-state index >= 15 is 0 Å². The van der Waals surface area contributed by atoms with Crippen LogP contribution >= 0.6 is 11.8 Å². The summed E-state index contributed by atoms with van der Waals surface area (Å²) < 4.78 is 9.66. The number of esters is 1. The van der Waals surface area contributed by atoms with Crippen molar-refractivity contribution in [3.8, 4) is 0 Å². The number of nitrogens with zero attached hydrogens (tertiary/aromatic N) is 4. The van der Waals surface area contributed by atoms with E-state index in [2.05, 4.69) is 4.98 Å². The van der Waals surface area contributed by atoms with E-state index in [9.17, 15) is 14.4 Å². The zero-order chi connectivity index (χ0) is 21.1. The summed E-state index contributed by atoms with van der Waals surface area (Å²) in [6.45, 7) is 4.71. The van der Waals surface area contributed by atoms with Gasteiger partial charge in [-0.1, -0.05) is 37.9 Å². The first-order valence-electron chi connectivity index (χ1n) is 10.4. The summed E-state index contributed by atoms with van der Waals surface area (Å²) in [5.74, 6) is 0.183. The van der Waals surface area contributed by atoms with E-state index in [4.69, 9.17) is 4.74 Å². The highest BCUT2D eigenvalue weighted by atomic mass is 32.2. The molecule has 160 valence electrons. The number of hydrogen-bond donors (Lipinski definition) is 0. The predicted octanol–water partition coefficient (Wildman–Crippen LogP) is 2.45. The molecule has 2 heterocycles. The van der Waals surface area contributed by atoms with E-state index < -0.39 is 10.9 Å². The Hall–Kier alpha value is -2.03. The number of rotatable bonds is 7. The molecule has 0 saturated heterocycles. The molecule has 2 aromatic rings. The van der Waals surface area contributed by atoms with Crippen LogP contribution in [0.25, 0.3) is 11.2 Å². The number of carbonyl (C=O) groups excluding carboxylic acids is 1. The molecule has 0 aromatic carbocycles. The lowest BCUT2D eigenvalue weighted by atomic mass is 9.89. The highest BCUT2D eigenvalue weighted by Crippen LogP contribution is 2.31. The van der Waals surface area contributed by atoms with E-state index in [0.29, 0.717) is 41.8 Å². The van der Waals surface area contributed by atoms with Crippen LogP contribution in [0, 0.1) is 5.92 Å². The molecule has 9 heteroatoms. The molecule has 2 aromatic heterocycles. The second-order valence-electron chi connectivity index (χ2n) is 7.65. The van der Waals surface area contributed by atoms with Gasteiger partial charge in [-0.05, 0) is 32.1 Å². The lowest BCUT2D eigenvalue weighted by Crippen LogP contribution is -2.37. The normalized spacial score (nSPS) is 16.3. The fraction of sp³-hybridized carbons (Fsp3) is 0.700. The van der Waals surface area contributed by atoms with Crippen LogP contribution in [0.1, 0.15) is 52.4 Å². The Bertz CT molecular complexity index is 1000. The smallest absolute Gasteiger partial charge is 0.332 e. The summed E-state index contributed by atoms with van der Waals surface area (Å²) >= 11 is 1.32. The Morgan fingerprint density at radius 1 is 1.17 bits per heavy atom. The minimum atomic E-state index is -0.405. The third kappa shape index (κ3) is 4.29. The van der Waals surface area contributed by atoms with Gasteiger partial charge in [0.2, 0.25) is 0 Å². The molecular weight excluding hydrogens is 392 g/mol. The Morgan fingerprint density at radius 2 is 1.86 bits per heavy atom. The molecule has 3 rings (SSSR count). The average Bonchev–Trinajstić information content (AvgIpc) is 3.07. The second kappa shape index (κ2) is 9.19. The lowest BCUT2D eigenvalue weighted by molar-refractivity contribution is -0.142. The van der Waals surface area contributed by atoms with Crippen LogP contribution in [0.15, 0.2) is 14.7 Å². The zero-order valence-corrected chi connectivity index (χ0v) is 18.5. The van der Waals surface area contributed by atoms with Gasteiger partial charge in [0.1, 0.15) is 5.25 Å². The van der Waals surface area contributed by atoms with Crippen LogP contribution in [0.5, 0.6) is 0 Å². The highest BCUT2D eigenvalue weighted by molar-refractivity contribution is 8.00.